The van der Waals surface area contributed by atoms with Gasteiger partial charge in [0.15, 0.2) is 6.10 Å². The van der Waals surface area contributed by atoms with Gasteiger partial charge in [0.05, 0.1) is 18.0 Å². The molecule has 9 heteroatoms. The fourth-order valence-corrected chi connectivity index (χ4v) is 5.12. The van der Waals surface area contributed by atoms with Gasteiger partial charge in [0.25, 0.3) is 5.91 Å². The summed E-state index contributed by atoms with van der Waals surface area (Å²) in [5.41, 5.74) is 1.51. The number of ether oxygens (including phenoxy) is 1. The molecule has 2 heterocycles. The molecule has 2 aromatic carbocycles. The molecule has 0 saturated carbocycles. The lowest BCUT2D eigenvalue weighted by molar-refractivity contribution is -0.138. The SMILES string of the molecule is CCS(=O)(=O)N1C[C@H](C(=O)N2CCN(c3cccc(Cl)c3)CC2)Oc2ccccc21. The molecule has 7 nitrogen and oxygen atoms in total. The summed E-state index contributed by atoms with van der Waals surface area (Å²) in [5.74, 6) is 0.184. The molecule has 2 aliphatic rings. The fraction of sp³-hybridized carbons (Fsp3) is 0.381. The van der Waals surface area contributed by atoms with Crippen molar-refractivity contribution in [3.63, 3.8) is 0 Å². The minimum absolute atomic E-state index is 0.0134. The lowest BCUT2D eigenvalue weighted by Gasteiger charge is -2.40. The van der Waals surface area contributed by atoms with Crippen molar-refractivity contribution >= 4 is 38.9 Å². The van der Waals surface area contributed by atoms with Gasteiger partial charge >= 0.3 is 0 Å². The van der Waals surface area contributed by atoms with Crippen molar-refractivity contribution in [2.75, 3.05) is 47.7 Å². The number of piperazine rings is 1. The van der Waals surface area contributed by atoms with Crippen LogP contribution in [0.5, 0.6) is 5.75 Å². The summed E-state index contributed by atoms with van der Waals surface area (Å²) in [6.07, 6.45) is -0.862. The quantitative estimate of drug-likeness (QED) is 0.717. The standard InChI is InChI=1S/C21H24ClN3O4S/c1-2-30(27,28)25-15-20(29-19-9-4-3-8-18(19)25)21(26)24-12-10-23(11-13-24)17-7-5-6-16(22)14-17/h3-9,14,20H,2,10-13,15H2,1H3/t20-/m1/s1. The topological polar surface area (TPSA) is 70.2 Å². The first-order chi connectivity index (χ1) is 14.4. The van der Waals surface area contributed by atoms with Gasteiger partial charge in [-0.25, -0.2) is 8.42 Å². The highest BCUT2D eigenvalue weighted by Crippen LogP contribution is 2.35. The highest BCUT2D eigenvalue weighted by Gasteiger charge is 2.38. The van der Waals surface area contributed by atoms with E-state index in [9.17, 15) is 13.2 Å². The molecule has 1 amide bonds. The zero-order valence-electron chi connectivity index (χ0n) is 16.7. The lowest BCUT2D eigenvalue weighted by atomic mass is 10.2. The predicted molar refractivity (Wildman–Crippen MR) is 118 cm³/mol. The third-order valence-electron chi connectivity index (χ3n) is 5.48. The number of para-hydroxylation sites is 2. The number of anilines is 2. The van der Waals surface area contributed by atoms with E-state index >= 15 is 0 Å². The summed E-state index contributed by atoms with van der Waals surface area (Å²) in [6, 6.07) is 14.6. The zero-order chi connectivity index (χ0) is 21.3. The minimum Gasteiger partial charge on any atom is -0.476 e. The first-order valence-electron chi connectivity index (χ1n) is 9.94. The zero-order valence-corrected chi connectivity index (χ0v) is 18.3. The van der Waals surface area contributed by atoms with Gasteiger partial charge in [0, 0.05) is 36.9 Å². The number of hydrogen-bond donors (Lipinski definition) is 0. The van der Waals surface area contributed by atoms with Gasteiger partial charge in [-0.05, 0) is 37.3 Å². The Hall–Kier alpha value is -2.45. The Balaban J connectivity index is 1.48. The van der Waals surface area contributed by atoms with E-state index in [1.807, 2.05) is 24.3 Å². The maximum atomic E-state index is 13.2. The summed E-state index contributed by atoms with van der Waals surface area (Å²) < 4.78 is 32.5. The molecule has 160 valence electrons. The molecule has 0 spiro atoms. The Morgan fingerprint density at radius 1 is 1.10 bits per heavy atom. The molecular weight excluding hydrogens is 426 g/mol. The second kappa shape index (κ2) is 8.35. The Morgan fingerprint density at radius 3 is 2.53 bits per heavy atom. The van der Waals surface area contributed by atoms with Gasteiger partial charge in [-0.3, -0.25) is 9.10 Å². The molecule has 4 rings (SSSR count). The molecule has 30 heavy (non-hydrogen) atoms. The monoisotopic (exact) mass is 449 g/mol. The Bertz CT molecular complexity index is 1040. The lowest BCUT2D eigenvalue weighted by Crippen LogP contribution is -2.56. The Kier molecular flexibility index (Phi) is 5.79. The second-order valence-electron chi connectivity index (χ2n) is 7.30. The van der Waals surface area contributed by atoms with Crippen LogP contribution in [0.4, 0.5) is 11.4 Å². The normalized spacial score (nSPS) is 19.3. The van der Waals surface area contributed by atoms with Crippen LogP contribution in [0.2, 0.25) is 5.02 Å². The average molecular weight is 450 g/mol. The molecule has 0 N–H and O–H groups in total. The van der Waals surface area contributed by atoms with E-state index < -0.39 is 16.1 Å². The predicted octanol–water partition coefficient (Wildman–Crippen LogP) is 2.61. The third kappa shape index (κ3) is 4.06. The summed E-state index contributed by atoms with van der Waals surface area (Å²) in [4.78, 5) is 17.1. The van der Waals surface area contributed by atoms with Gasteiger partial charge < -0.3 is 14.5 Å². The maximum Gasteiger partial charge on any atom is 0.265 e. The molecule has 0 bridgehead atoms. The smallest absolute Gasteiger partial charge is 0.265 e. The van der Waals surface area contributed by atoms with Crippen molar-refractivity contribution in [3.8, 4) is 5.75 Å². The molecule has 0 aromatic heterocycles. The average Bonchev–Trinajstić information content (AvgIpc) is 2.78. The van der Waals surface area contributed by atoms with Crippen molar-refractivity contribution < 1.29 is 17.9 Å². The Morgan fingerprint density at radius 2 is 1.83 bits per heavy atom. The van der Waals surface area contributed by atoms with Crippen LogP contribution >= 0.6 is 11.6 Å². The number of sulfonamides is 1. The first-order valence-corrected chi connectivity index (χ1v) is 11.9. The number of fused-ring (bicyclic) bond motifs is 1. The van der Waals surface area contributed by atoms with Gasteiger partial charge in [-0.2, -0.15) is 0 Å². The number of nitrogens with zero attached hydrogens (tertiary/aromatic N) is 3. The molecule has 2 aromatic rings. The number of hydrogen-bond acceptors (Lipinski definition) is 5. The van der Waals surface area contributed by atoms with Crippen LogP contribution in [0.25, 0.3) is 0 Å². The van der Waals surface area contributed by atoms with Crippen LogP contribution in [0.1, 0.15) is 6.92 Å². The van der Waals surface area contributed by atoms with Crippen LogP contribution in [-0.4, -0.2) is 63.8 Å². The van der Waals surface area contributed by atoms with Crippen LogP contribution in [-0.2, 0) is 14.8 Å². The molecule has 2 aliphatic heterocycles. The van der Waals surface area contributed by atoms with Crippen LogP contribution in [0.15, 0.2) is 48.5 Å². The third-order valence-corrected chi connectivity index (χ3v) is 7.46. The van der Waals surface area contributed by atoms with Crippen LogP contribution in [0, 0.1) is 0 Å². The van der Waals surface area contributed by atoms with Gasteiger partial charge in [0.2, 0.25) is 10.0 Å². The molecule has 1 saturated heterocycles. The summed E-state index contributed by atoms with van der Waals surface area (Å²) in [7, 11) is -3.52. The summed E-state index contributed by atoms with van der Waals surface area (Å²) >= 11 is 6.09. The summed E-state index contributed by atoms with van der Waals surface area (Å²) in [5, 5.41) is 0.678. The minimum atomic E-state index is -3.52. The molecule has 0 aliphatic carbocycles. The molecule has 0 unspecified atom stereocenters. The fourth-order valence-electron chi connectivity index (χ4n) is 3.81. The van der Waals surface area contributed by atoms with Crippen molar-refractivity contribution in [2.45, 2.75) is 13.0 Å². The van der Waals surface area contributed by atoms with Crippen molar-refractivity contribution in [3.05, 3.63) is 53.6 Å². The van der Waals surface area contributed by atoms with Crippen molar-refractivity contribution in [1.82, 2.24) is 4.90 Å². The van der Waals surface area contributed by atoms with E-state index in [1.165, 1.54) is 4.31 Å². The van der Waals surface area contributed by atoms with E-state index in [1.54, 1.807) is 36.1 Å². The maximum absolute atomic E-state index is 13.2. The number of rotatable bonds is 4. The van der Waals surface area contributed by atoms with Gasteiger partial charge in [-0.1, -0.05) is 29.8 Å². The number of carbonyl (C=O) groups is 1. The second-order valence-corrected chi connectivity index (χ2v) is 9.92. The van der Waals surface area contributed by atoms with E-state index in [0.29, 0.717) is 42.6 Å². The molecule has 1 atom stereocenters. The number of halogens is 1. The number of amides is 1. The number of carbonyl (C=O) groups excluding carboxylic acids is 1. The highest BCUT2D eigenvalue weighted by molar-refractivity contribution is 7.92. The molecular formula is C21H24ClN3O4S. The van der Waals surface area contributed by atoms with Crippen LogP contribution in [0.3, 0.4) is 0 Å². The highest BCUT2D eigenvalue weighted by atomic mass is 35.5. The van der Waals surface area contributed by atoms with E-state index in [4.69, 9.17) is 16.3 Å². The largest absolute Gasteiger partial charge is 0.476 e. The first kappa shape index (κ1) is 20.8. The Labute approximate surface area is 181 Å². The van der Waals surface area contributed by atoms with E-state index in [2.05, 4.69) is 4.90 Å². The van der Waals surface area contributed by atoms with E-state index in [-0.39, 0.29) is 18.2 Å². The van der Waals surface area contributed by atoms with Gasteiger partial charge in [0.1, 0.15) is 5.75 Å². The molecule has 0 radical (unpaired) electrons. The van der Waals surface area contributed by atoms with Crippen molar-refractivity contribution in [1.29, 1.82) is 0 Å². The summed E-state index contributed by atoms with van der Waals surface area (Å²) in [6.45, 7) is 4.00. The van der Waals surface area contributed by atoms with E-state index in [0.717, 1.165) is 5.69 Å². The van der Waals surface area contributed by atoms with Gasteiger partial charge in [-0.15, -0.1) is 0 Å². The number of benzene rings is 2. The van der Waals surface area contributed by atoms with Crippen molar-refractivity contribution in [2.24, 2.45) is 0 Å². The van der Waals surface area contributed by atoms with Crippen LogP contribution < -0.4 is 13.9 Å². The molecule has 1 fully saturated rings.